The van der Waals surface area contributed by atoms with Gasteiger partial charge in [-0.2, -0.15) is 0 Å². The highest BCUT2D eigenvalue weighted by Crippen LogP contribution is 2.26. The van der Waals surface area contributed by atoms with E-state index >= 15 is 0 Å². The van der Waals surface area contributed by atoms with Gasteiger partial charge >= 0.3 is 0 Å². The molecule has 0 bridgehead atoms. The highest BCUT2D eigenvalue weighted by Gasteiger charge is 2.29. The topological polar surface area (TPSA) is 47.3 Å². The first-order valence-corrected chi connectivity index (χ1v) is 6.32. The molecule has 0 spiro atoms. The van der Waals surface area contributed by atoms with Crippen LogP contribution in [0.3, 0.4) is 0 Å². The summed E-state index contributed by atoms with van der Waals surface area (Å²) in [7, 11) is 0. The van der Waals surface area contributed by atoms with Gasteiger partial charge < -0.3 is 4.74 Å². The summed E-state index contributed by atoms with van der Waals surface area (Å²) in [5, 5.41) is 0. The molecule has 1 aliphatic rings. The first kappa shape index (κ1) is 12.9. The molecule has 1 aliphatic heterocycles. The van der Waals surface area contributed by atoms with E-state index in [0.29, 0.717) is 18.2 Å². The monoisotopic (exact) mass is 214 g/mol. The summed E-state index contributed by atoms with van der Waals surface area (Å²) in [5.74, 6) is 6.39. The number of hydrazine groups is 1. The molecule has 3 N–H and O–H groups in total. The number of ether oxygens (including phenoxy) is 1. The van der Waals surface area contributed by atoms with E-state index in [9.17, 15) is 0 Å². The lowest BCUT2D eigenvalue weighted by molar-refractivity contribution is 0.0258. The first-order valence-electron chi connectivity index (χ1n) is 6.32. The molecule has 3 atom stereocenters. The minimum atomic E-state index is 0.325. The molecule has 1 saturated heterocycles. The summed E-state index contributed by atoms with van der Waals surface area (Å²) < 4.78 is 5.86. The van der Waals surface area contributed by atoms with Gasteiger partial charge in [-0.1, -0.05) is 26.7 Å². The van der Waals surface area contributed by atoms with E-state index in [2.05, 4.69) is 26.2 Å². The quantitative estimate of drug-likeness (QED) is 0.526. The Morgan fingerprint density at radius 1 is 1.33 bits per heavy atom. The predicted octanol–water partition coefficient (Wildman–Crippen LogP) is 2.21. The molecule has 90 valence electrons. The van der Waals surface area contributed by atoms with Crippen LogP contribution in [0.15, 0.2) is 0 Å². The van der Waals surface area contributed by atoms with Gasteiger partial charge in [0.2, 0.25) is 0 Å². The Bertz CT molecular complexity index is 171. The van der Waals surface area contributed by atoms with Gasteiger partial charge in [0, 0.05) is 6.04 Å². The lowest BCUT2D eigenvalue weighted by Crippen LogP contribution is -2.45. The third kappa shape index (κ3) is 3.74. The SMILES string of the molecule is CCC(CC)CC(NN)C1CCC(C)O1. The van der Waals surface area contributed by atoms with E-state index in [0.717, 1.165) is 18.8 Å². The third-order valence-corrected chi connectivity index (χ3v) is 3.67. The lowest BCUT2D eigenvalue weighted by Gasteiger charge is -2.26. The number of nitrogens with one attached hydrogen (secondary N) is 1. The highest BCUT2D eigenvalue weighted by atomic mass is 16.5. The smallest absolute Gasteiger partial charge is 0.0746 e. The van der Waals surface area contributed by atoms with Crippen LogP contribution in [0.25, 0.3) is 0 Å². The molecule has 0 aliphatic carbocycles. The zero-order chi connectivity index (χ0) is 11.3. The van der Waals surface area contributed by atoms with Crippen molar-refractivity contribution in [2.75, 3.05) is 0 Å². The van der Waals surface area contributed by atoms with Crippen LogP contribution in [0, 0.1) is 5.92 Å². The summed E-state index contributed by atoms with van der Waals surface area (Å²) in [6.45, 7) is 6.64. The molecule has 3 unspecified atom stereocenters. The van der Waals surface area contributed by atoms with Crippen LogP contribution in [0.5, 0.6) is 0 Å². The van der Waals surface area contributed by atoms with E-state index in [1.165, 1.54) is 19.3 Å². The van der Waals surface area contributed by atoms with Crippen molar-refractivity contribution in [2.24, 2.45) is 11.8 Å². The van der Waals surface area contributed by atoms with Crippen molar-refractivity contribution in [3.63, 3.8) is 0 Å². The van der Waals surface area contributed by atoms with E-state index in [1.54, 1.807) is 0 Å². The van der Waals surface area contributed by atoms with Crippen molar-refractivity contribution in [1.82, 2.24) is 5.43 Å². The Kier molecular flexibility index (Phi) is 5.58. The Balaban J connectivity index is 2.41. The molecule has 1 fully saturated rings. The van der Waals surface area contributed by atoms with E-state index < -0.39 is 0 Å². The molecule has 0 aromatic rings. The summed E-state index contributed by atoms with van der Waals surface area (Å²) in [6.07, 6.45) is 6.66. The molecular weight excluding hydrogens is 188 g/mol. The van der Waals surface area contributed by atoms with Crippen LogP contribution >= 0.6 is 0 Å². The van der Waals surface area contributed by atoms with Crippen molar-refractivity contribution >= 4 is 0 Å². The molecule has 3 heteroatoms. The average molecular weight is 214 g/mol. The Labute approximate surface area is 93.7 Å². The van der Waals surface area contributed by atoms with Gasteiger partial charge in [-0.15, -0.1) is 0 Å². The standard InChI is InChI=1S/C12H26N2O/c1-4-10(5-2)8-11(14-13)12-7-6-9(3)15-12/h9-12,14H,4-8,13H2,1-3H3. The van der Waals surface area contributed by atoms with Crippen LogP contribution in [0.4, 0.5) is 0 Å². The third-order valence-electron chi connectivity index (χ3n) is 3.67. The molecule has 1 heterocycles. The van der Waals surface area contributed by atoms with Gasteiger partial charge in [-0.25, -0.2) is 0 Å². The van der Waals surface area contributed by atoms with Crippen molar-refractivity contribution in [1.29, 1.82) is 0 Å². The maximum Gasteiger partial charge on any atom is 0.0746 e. The molecule has 3 nitrogen and oxygen atoms in total. The second-order valence-corrected chi connectivity index (χ2v) is 4.75. The number of hydrogen-bond acceptors (Lipinski definition) is 3. The molecule has 0 amide bonds. The number of hydrogen-bond donors (Lipinski definition) is 2. The van der Waals surface area contributed by atoms with Crippen molar-refractivity contribution in [3.05, 3.63) is 0 Å². The van der Waals surface area contributed by atoms with Gasteiger partial charge in [0.05, 0.1) is 12.2 Å². The van der Waals surface area contributed by atoms with Crippen LogP contribution in [-0.2, 0) is 4.74 Å². The van der Waals surface area contributed by atoms with Gasteiger partial charge in [-0.05, 0) is 32.1 Å². The summed E-state index contributed by atoms with van der Waals surface area (Å²) in [6, 6.07) is 0.333. The Morgan fingerprint density at radius 2 is 2.00 bits per heavy atom. The second kappa shape index (κ2) is 6.46. The van der Waals surface area contributed by atoms with Crippen molar-refractivity contribution in [2.45, 2.75) is 71.1 Å². The van der Waals surface area contributed by atoms with Crippen LogP contribution in [-0.4, -0.2) is 18.2 Å². The first-order chi connectivity index (χ1) is 7.21. The molecule has 15 heavy (non-hydrogen) atoms. The summed E-state index contributed by atoms with van der Waals surface area (Å²) in [5.41, 5.74) is 2.94. The molecule has 0 aromatic carbocycles. The van der Waals surface area contributed by atoms with Crippen molar-refractivity contribution in [3.8, 4) is 0 Å². The zero-order valence-corrected chi connectivity index (χ0v) is 10.3. The van der Waals surface area contributed by atoms with Gasteiger partial charge in [-0.3, -0.25) is 11.3 Å². The second-order valence-electron chi connectivity index (χ2n) is 4.75. The fourth-order valence-corrected chi connectivity index (χ4v) is 2.44. The van der Waals surface area contributed by atoms with Crippen molar-refractivity contribution < 1.29 is 4.74 Å². The Morgan fingerprint density at radius 3 is 2.40 bits per heavy atom. The van der Waals surface area contributed by atoms with E-state index in [4.69, 9.17) is 10.6 Å². The molecule has 0 saturated carbocycles. The minimum Gasteiger partial charge on any atom is -0.374 e. The summed E-state index contributed by atoms with van der Waals surface area (Å²) in [4.78, 5) is 0. The minimum absolute atomic E-state index is 0.325. The molecule has 0 aromatic heterocycles. The van der Waals surface area contributed by atoms with E-state index in [-0.39, 0.29) is 0 Å². The van der Waals surface area contributed by atoms with Crippen LogP contribution in [0.1, 0.15) is 52.9 Å². The van der Waals surface area contributed by atoms with Crippen LogP contribution < -0.4 is 11.3 Å². The fraction of sp³-hybridized carbons (Fsp3) is 1.00. The zero-order valence-electron chi connectivity index (χ0n) is 10.3. The normalized spacial score (nSPS) is 28.6. The maximum atomic E-state index is 5.86. The number of rotatable bonds is 6. The highest BCUT2D eigenvalue weighted by molar-refractivity contribution is 4.83. The lowest BCUT2D eigenvalue weighted by atomic mass is 9.91. The van der Waals surface area contributed by atoms with Gasteiger partial charge in [0.25, 0.3) is 0 Å². The predicted molar refractivity (Wildman–Crippen MR) is 63.4 cm³/mol. The fourth-order valence-electron chi connectivity index (χ4n) is 2.44. The molecule has 0 radical (unpaired) electrons. The van der Waals surface area contributed by atoms with Gasteiger partial charge in [0.15, 0.2) is 0 Å². The summed E-state index contributed by atoms with van der Waals surface area (Å²) >= 11 is 0. The maximum absolute atomic E-state index is 5.86. The number of nitrogens with two attached hydrogens (primary N) is 1. The largest absolute Gasteiger partial charge is 0.374 e. The average Bonchev–Trinajstić information content (AvgIpc) is 2.67. The van der Waals surface area contributed by atoms with Gasteiger partial charge in [0.1, 0.15) is 0 Å². The van der Waals surface area contributed by atoms with E-state index in [1.807, 2.05) is 0 Å². The molecular formula is C12H26N2O. The Hall–Kier alpha value is -0.120. The molecule has 1 rings (SSSR count). The van der Waals surface area contributed by atoms with Crippen LogP contribution in [0.2, 0.25) is 0 Å².